The maximum atomic E-state index is 13.2. The SMILES string of the molecule is CC12CC3CC(C1)CC(C(=O)N1CCOC(CO)C1)(C3)C2. The van der Waals surface area contributed by atoms with Crippen molar-refractivity contribution in [2.45, 2.75) is 51.6 Å². The average Bonchev–Trinajstić information content (AvgIpc) is 2.44. The first-order valence-electron chi connectivity index (χ1n) is 8.54. The van der Waals surface area contributed by atoms with Gasteiger partial charge in [-0.15, -0.1) is 0 Å². The first-order chi connectivity index (χ1) is 10.0. The van der Waals surface area contributed by atoms with Crippen LogP contribution in [0.15, 0.2) is 0 Å². The van der Waals surface area contributed by atoms with E-state index in [1.807, 2.05) is 4.90 Å². The minimum atomic E-state index is -0.188. The number of hydrogen-bond donors (Lipinski definition) is 1. The van der Waals surface area contributed by atoms with Gasteiger partial charge in [0.05, 0.1) is 24.7 Å². The van der Waals surface area contributed by atoms with Crippen LogP contribution in [-0.2, 0) is 9.53 Å². The van der Waals surface area contributed by atoms with Crippen molar-refractivity contribution in [1.82, 2.24) is 4.90 Å². The zero-order valence-electron chi connectivity index (χ0n) is 13.0. The summed E-state index contributed by atoms with van der Waals surface area (Å²) >= 11 is 0. The predicted molar refractivity (Wildman–Crippen MR) is 78.6 cm³/mol. The van der Waals surface area contributed by atoms with E-state index < -0.39 is 0 Å². The molecule has 4 aliphatic carbocycles. The van der Waals surface area contributed by atoms with E-state index in [0.717, 1.165) is 31.1 Å². The van der Waals surface area contributed by atoms with Crippen LogP contribution in [0.1, 0.15) is 45.4 Å². The highest BCUT2D eigenvalue weighted by molar-refractivity contribution is 5.83. The van der Waals surface area contributed by atoms with Crippen LogP contribution in [0.25, 0.3) is 0 Å². The molecule has 3 unspecified atom stereocenters. The van der Waals surface area contributed by atoms with Crippen LogP contribution in [0, 0.1) is 22.7 Å². The minimum absolute atomic E-state index is 0.0136. The van der Waals surface area contributed by atoms with Gasteiger partial charge < -0.3 is 14.7 Å². The summed E-state index contributed by atoms with van der Waals surface area (Å²) in [5.41, 5.74) is 0.318. The van der Waals surface area contributed by atoms with Gasteiger partial charge >= 0.3 is 0 Å². The van der Waals surface area contributed by atoms with Gasteiger partial charge in [0.25, 0.3) is 0 Å². The first-order valence-corrected chi connectivity index (χ1v) is 8.54. The van der Waals surface area contributed by atoms with Crippen LogP contribution in [0.4, 0.5) is 0 Å². The van der Waals surface area contributed by atoms with Crippen molar-refractivity contribution in [2.75, 3.05) is 26.3 Å². The fourth-order valence-electron chi connectivity index (χ4n) is 6.32. The number of ether oxygens (including phenoxy) is 1. The highest BCUT2D eigenvalue weighted by Crippen LogP contribution is 2.65. The third kappa shape index (κ3) is 2.22. The van der Waals surface area contributed by atoms with Crippen molar-refractivity contribution in [3.05, 3.63) is 0 Å². The number of hydrogen-bond acceptors (Lipinski definition) is 3. The van der Waals surface area contributed by atoms with E-state index in [2.05, 4.69) is 6.92 Å². The van der Waals surface area contributed by atoms with E-state index in [4.69, 9.17) is 4.74 Å². The lowest BCUT2D eigenvalue weighted by Crippen LogP contribution is -2.59. The fraction of sp³-hybridized carbons (Fsp3) is 0.941. The van der Waals surface area contributed by atoms with Crippen molar-refractivity contribution >= 4 is 5.91 Å². The van der Waals surface area contributed by atoms with Gasteiger partial charge in [-0.1, -0.05) is 6.92 Å². The molecule has 4 nitrogen and oxygen atoms in total. The van der Waals surface area contributed by atoms with E-state index in [1.54, 1.807) is 0 Å². The summed E-state index contributed by atoms with van der Waals surface area (Å²) < 4.78 is 5.50. The Balaban J connectivity index is 1.56. The van der Waals surface area contributed by atoms with Crippen LogP contribution in [0.5, 0.6) is 0 Å². The molecule has 0 radical (unpaired) electrons. The third-order valence-electron chi connectivity index (χ3n) is 6.44. The van der Waals surface area contributed by atoms with Gasteiger partial charge in [0.2, 0.25) is 5.91 Å². The van der Waals surface area contributed by atoms with Gasteiger partial charge in [-0.25, -0.2) is 0 Å². The fourth-order valence-corrected chi connectivity index (χ4v) is 6.32. The zero-order chi connectivity index (χ0) is 14.7. The number of carbonyl (C=O) groups excluding carboxylic acids is 1. The van der Waals surface area contributed by atoms with Gasteiger partial charge in [0.15, 0.2) is 0 Å². The Hall–Kier alpha value is -0.610. The molecule has 0 aromatic heterocycles. The van der Waals surface area contributed by atoms with Gasteiger partial charge in [-0.05, 0) is 55.8 Å². The van der Waals surface area contributed by atoms with E-state index in [-0.39, 0.29) is 18.1 Å². The standard InChI is InChI=1S/C17H27NO3/c1-16-5-12-4-13(6-16)8-17(7-12,11-16)15(20)18-2-3-21-14(9-18)10-19/h12-14,19H,2-11H2,1H3. The second kappa shape index (κ2) is 4.69. The maximum Gasteiger partial charge on any atom is 0.228 e. The second-order valence-corrected chi connectivity index (χ2v) is 8.48. The Morgan fingerprint density at radius 3 is 2.62 bits per heavy atom. The normalized spacial score (nSPS) is 48.7. The molecule has 0 aromatic carbocycles. The quantitative estimate of drug-likeness (QED) is 0.845. The van der Waals surface area contributed by atoms with E-state index >= 15 is 0 Å². The molecule has 1 saturated heterocycles. The predicted octanol–water partition coefficient (Wildman–Crippen LogP) is 1.81. The lowest BCUT2D eigenvalue weighted by atomic mass is 9.44. The molecule has 4 heteroatoms. The largest absolute Gasteiger partial charge is 0.394 e. The molecule has 1 N–H and O–H groups in total. The Morgan fingerprint density at radius 2 is 2.00 bits per heavy atom. The lowest BCUT2D eigenvalue weighted by Gasteiger charge is -2.61. The maximum absolute atomic E-state index is 13.2. The van der Waals surface area contributed by atoms with Crippen molar-refractivity contribution in [3.8, 4) is 0 Å². The van der Waals surface area contributed by atoms with Crippen molar-refractivity contribution in [2.24, 2.45) is 22.7 Å². The number of carbonyl (C=O) groups is 1. The van der Waals surface area contributed by atoms with Crippen LogP contribution in [0.3, 0.4) is 0 Å². The number of morpholine rings is 1. The molecule has 118 valence electrons. The van der Waals surface area contributed by atoms with Crippen molar-refractivity contribution in [1.29, 1.82) is 0 Å². The van der Waals surface area contributed by atoms with Crippen LogP contribution in [-0.4, -0.2) is 48.3 Å². The smallest absolute Gasteiger partial charge is 0.228 e. The first kappa shape index (κ1) is 14.0. The highest BCUT2D eigenvalue weighted by Gasteiger charge is 2.59. The van der Waals surface area contributed by atoms with Gasteiger partial charge in [0.1, 0.15) is 0 Å². The Labute approximate surface area is 126 Å². The van der Waals surface area contributed by atoms with Crippen molar-refractivity contribution in [3.63, 3.8) is 0 Å². The molecule has 1 amide bonds. The van der Waals surface area contributed by atoms with E-state index in [9.17, 15) is 9.90 Å². The molecular weight excluding hydrogens is 266 g/mol. The van der Waals surface area contributed by atoms with E-state index in [1.165, 1.54) is 19.3 Å². The molecular formula is C17H27NO3. The molecule has 5 rings (SSSR count). The molecule has 0 aromatic rings. The Morgan fingerprint density at radius 1 is 1.29 bits per heavy atom. The monoisotopic (exact) mass is 293 g/mol. The van der Waals surface area contributed by atoms with Crippen LogP contribution >= 0.6 is 0 Å². The molecule has 4 saturated carbocycles. The topological polar surface area (TPSA) is 49.8 Å². The second-order valence-electron chi connectivity index (χ2n) is 8.48. The van der Waals surface area contributed by atoms with Gasteiger partial charge in [0, 0.05) is 13.1 Å². The molecule has 4 bridgehead atoms. The van der Waals surface area contributed by atoms with Crippen molar-refractivity contribution < 1.29 is 14.6 Å². The molecule has 3 atom stereocenters. The summed E-state index contributed by atoms with van der Waals surface area (Å²) in [6.07, 6.45) is 7.15. The summed E-state index contributed by atoms with van der Waals surface area (Å²) in [4.78, 5) is 15.2. The number of aliphatic hydroxyl groups excluding tert-OH is 1. The number of aliphatic hydroxyl groups is 1. The summed E-state index contributed by atoms with van der Waals surface area (Å²) in [6, 6.07) is 0. The average molecular weight is 293 g/mol. The van der Waals surface area contributed by atoms with Gasteiger partial charge in [-0.2, -0.15) is 0 Å². The van der Waals surface area contributed by atoms with Gasteiger partial charge in [-0.3, -0.25) is 4.79 Å². The molecule has 5 aliphatic rings. The molecule has 1 aliphatic heterocycles. The Bertz CT molecular complexity index is 435. The lowest BCUT2D eigenvalue weighted by molar-refractivity contribution is -0.173. The number of rotatable bonds is 2. The summed E-state index contributed by atoms with van der Waals surface area (Å²) in [6.45, 7) is 4.26. The zero-order valence-corrected chi connectivity index (χ0v) is 13.0. The molecule has 1 heterocycles. The summed E-state index contributed by atoms with van der Waals surface area (Å²) in [5, 5.41) is 9.30. The molecule has 21 heavy (non-hydrogen) atoms. The Kier molecular flexibility index (Phi) is 3.13. The summed E-state index contributed by atoms with van der Waals surface area (Å²) in [5.74, 6) is 1.91. The van der Waals surface area contributed by atoms with E-state index in [0.29, 0.717) is 31.0 Å². The molecule has 0 spiro atoms. The number of nitrogens with zero attached hydrogens (tertiary/aromatic N) is 1. The summed E-state index contributed by atoms with van der Waals surface area (Å²) in [7, 11) is 0. The minimum Gasteiger partial charge on any atom is -0.394 e. The van der Waals surface area contributed by atoms with Crippen LogP contribution in [0.2, 0.25) is 0 Å². The number of amides is 1. The third-order valence-corrected chi connectivity index (χ3v) is 6.44. The molecule has 5 fully saturated rings. The highest BCUT2D eigenvalue weighted by atomic mass is 16.5. The van der Waals surface area contributed by atoms with Crippen LogP contribution < -0.4 is 0 Å².